The van der Waals surface area contributed by atoms with Crippen LogP contribution in [0.3, 0.4) is 0 Å². The predicted octanol–water partition coefficient (Wildman–Crippen LogP) is 2.52. The number of pyridine rings is 2. The second kappa shape index (κ2) is 8.90. The summed E-state index contributed by atoms with van der Waals surface area (Å²) >= 11 is 0. The van der Waals surface area contributed by atoms with Crippen molar-refractivity contribution in [1.82, 2.24) is 14.5 Å². The van der Waals surface area contributed by atoms with Crippen molar-refractivity contribution < 1.29 is 14.3 Å². The van der Waals surface area contributed by atoms with Gasteiger partial charge >= 0.3 is 0 Å². The number of nitrogens with one attached hydrogen (secondary N) is 1. The molecule has 2 aliphatic heterocycles. The number of ether oxygens (including phenoxy) is 1. The number of nitrogens with zero attached hydrogens (tertiary/aromatic N) is 3. The van der Waals surface area contributed by atoms with Crippen LogP contribution in [0.1, 0.15) is 28.4 Å². The second-order valence-electron chi connectivity index (χ2n) is 8.48. The number of likely N-dealkylation sites (tertiary alicyclic amines) is 1. The third kappa shape index (κ3) is 4.37. The second-order valence-corrected chi connectivity index (χ2v) is 8.48. The van der Waals surface area contributed by atoms with Crippen LogP contribution in [0.15, 0.2) is 71.8 Å². The summed E-state index contributed by atoms with van der Waals surface area (Å²) in [5.41, 5.74) is 1.39. The van der Waals surface area contributed by atoms with E-state index in [0.717, 1.165) is 12.1 Å². The number of hydrogen-bond acceptors (Lipinski definition) is 5. The molecule has 168 valence electrons. The molecule has 4 heterocycles. The molecule has 1 N–H and O–H groups in total. The van der Waals surface area contributed by atoms with E-state index < -0.39 is 0 Å². The van der Waals surface area contributed by atoms with Crippen LogP contribution in [0.4, 0.5) is 5.69 Å². The largest absolute Gasteiger partial charge is 0.484 e. The van der Waals surface area contributed by atoms with Crippen molar-refractivity contribution in [2.45, 2.75) is 18.9 Å². The van der Waals surface area contributed by atoms with Crippen molar-refractivity contribution in [3.8, 4) is 5.75 Å². The zero-order valence-electron chi connectivity index (χ0n) is 18.0. The molecular formula is C25H24N4O4. The molecule has 2 amide bonds. The molecule has 0 saturated carbocycles. The minimum Gasteiger partial charge on any atom is -0.484 e. The predicted molar refractivity (Wildman–Crippen MR) is 122 cm³/mol. The first-order valence-corrected chi connectivity index (χ1v) is 11.0. The molecule has 2 aromatic heterocycles. The maximum atomic E-state index is 13.1. The molecule has 33 heavy (non-hydrogen) atoms. The van der Waals surface area contributed by atoms with Crippen LogP contribution in [0.5, 0.6) is 5.75 Å². The summed E-state index contributed by atoms with van der Waals surface area (Å²) in [7, 11) is 0. The van der Waals surface area contributed by atoms with Crippen molar-refractivity contribution >= 4 is 17.5 Å². The molecule has 2 aliphatic rings. The summed E-state index contributed by atoms with van der Waals surface area (Å²) in [5, 5.41) is 2.72. The van der Waals surface area contributed by atoms with Gasteiger partial charge in [0.15, 0.2) is 6.61 Å². The Hall–Kier alpha value is -3.94. The number of piperidine rings is 1. The van der Waals surface area contributed by atoms with Gasteiger partial charge in [-0.3, -0.25) is 19.4 Å². The fraction of sp³-hybridized carbons (Fsp3) is 0.280. The standard InChI is InChI=1S/C25H24N4O4/c30-23(16-33-20-4-2-1-3-5-20)28-13-17-12-19(15-28)22-7-6-21(25(32)29(22)14-17)27-24(31)18-8-10-26-11-9-18/h1-11,17,19H,12-16H2,(H,27,31)/t17-,19+/m0/s1. The number of anilines is 1. The van der Waals surface area contributed by atoms with Crippen LogP contribution < -0.4 is 15.6 Å². The van der Waals surface area contributed by atoms with Crippen LogP contribution in [0.2, 0.25) is 0 Å². The highest BCUT2D eigenvalue weighted by atomic mass is 16.5. The molecular weight excluding hydrogens is 420 g/mol. The van der Waals surface area contributed by atoms with E-state index in [1.165, 1.54) is 12.4 Å². The summed E-state index contributed by atoms with van der Waals surface area (Å²) in [6, 6.07) is 16.0. The van der Waals surface area contributed by atoms with Crippen LogP contribution >= 0.6 is 0 Å². The topological polar surface area (TPSA) is 93.5 Å². The van der Waals surface area contributed by atoms with E-state index in [4.69, 9.17) is 4.74 Å². The van der Waals surface area contributed by atoms with E-state index in [1.807, 2.05) is 41.3 Å². The van der Waals surface area contributed by atoms with Gasteiger partial charge in [0.05, 0.1) is 0 Å². The SMILES string of the molecule is O=C(Nc1ccc2n(c1=O)C[C@H]1C[C@@H]2CN(C(=O)COc2ccccc2)C1)c1ccncc1. The Morgan fingerprint density at radius 3 is 2.58 bits per heavy atom. The van der Waals surface area contributed by atoms with Crippen LogP contribution in [-0.2, 0) is 11.3 Å². The summed E-state index contributed by atoms with van der Waals surface area (Å²) in [6.07, 6.45) is 4.01. The number of rotatable bonds is 5. The smallest absolute Gasteiger partial charge is 0.274 e. The minimum atomic E-state index is -0.346. The monoisotopic (exact) mass is 444 g/mol. The lowest BCUT2D eigenvalue weighted by molar-refractivity contribution is -0.136. The number of carbonyl (C=O) groups excluding carboxylic acids is 2. The fourth-order valence-electron chi connectivity index (χ4n) is 4.70. The van der Waals surface area contributed by atoms with Crippen molar-refractivity contribution in [2.24, 2.45) is 5.92 Å². The Bertz CT molecular complexity index is 1230. The molecule has 0 radical (unpaired) electrons. The first kappa shape index (κ1) is 20.9. The normalized spacial score (nSPS) is 18.8. The average molecular weight is 444 g/mol. The molecule has 8 heteroatoms. The first-order chi connectivity index (χ1) is 16.1. The molecule has 0 spiro atoms. The third-order valence-corrected chi connectivity index (χ3v) is 6.25. The zero-order valence-corrected chi connectivity index (χ0v) is 18.0. The summed E-state index contributed by atoms with van der Waals surface area (Å²) in [4.78, 5) is 44.1. The first-order valence-electron chi connectivity index (χ1n) is 11.0. The Balaban J connectivity index is 1.29. The maximum Gasteiger partial charge on any atom is 0.274 e. The Morgan fingerprint density at radius 2 is 1.79 bits per heavy atom. The Labute approximate surface area is 190 Å². The maximum absolute atomic E-state index is 13.1. The molecule has 0 unspecified atom stereocenters. The quantitative estimate of drug-likeness (QED) is 0.653. The van der Waals surface area contributed by atoms with Crippen LogP contribution in [-0.4, -0.2) is 46.0 Å². The molecule has 8 nitrogen and oxygen atoms in total. The lowest BCUT2D eigenvalue weighted by Crippen LogP contribution is -2.50. The number of hydrogen-bond donors (Lipinski definition) is 1. The van der Waals surface area contributed by atoms with Gasteiger partial charge in [0.25, 0.3) is 17.4 Å². The molecule has 0 aliphatic carbocycles. The average Bonchev–Trinajstić information content (AvgIpc) is 2.85. The molecule has 5 rings (SSSR count). The highest BCUT2D eigenvalue weighted by Gasteiger charge is 2.36. The Morgan fingerprint density at radius 1 is 1.00 bits per heavy atom. The van der Waals surface area contributed by atoms with Gasteiger partial charge < -0.3 is 19.5 Å². The van der Waals surface area contributed by atoms with Gasteiger partial charge in [-0.2, -0.15) is 0 Å². The molecule has 3 aromatic rings. The minimum absolute atomic E-state index is 0.00374. The van der Waals surface area contributed by atoms with E-state index in [1.54, 1.807) is 22.8 Å². The van der Waals surface area contributed by atoms with E-state index in [9.17, 15) is 14.4 Å². The molecule has 1 saturated heterocycles. The van der Waals surface area contributed by atoms with E-state index in [-0.39, 0.29) is 41.5 Å². The highest BCUT2D eigenvalue weighted by Crippen LogP contribution is 2.35. The summed E-state index contributed by atoms with van der Waals surface area (Å²) < 4.78 is 7.38. The number of para-hydroxylation sites is 1. The number of benzene rings is 1. The Kier molecular flexibility index (Phi) is 5.64. The van der Waals surface area contributed by atoms with Gasteiger partial charge in [0, 0.05) is 49.2 Å². The van der Waals surface area contributed by atoms with Crippen molar-refractivity contribution in [1.29, 1.82) is 0 Å². The number of carbonyl (C=O) groups is 2. The van der Waals surface area contributed by atoms with Gasteiger partial charge in [-0.25, -0.2) is 0 Å². The van der Waals surface area contributed by atoms with Gasteiger partial charge in [-0.05, 0) is 48.7 Å². The van der Waals surface area contributed by atoms with Gasteiger partial charge in [0.2, 0.25) is 0 Å². The molecule has 2 bridgehead atoms. The highest BCUT2D eigenvalue weighted by molar-refractivity contribution is 6.04. The third-order valence-electron chi connectivity index (χ3n) is 6.25. The van der Waals surface area contributed by atoms with E-state index in [2.05, 4.69) is 10.3 Å². The number of fused-ring (bicyclic) bond motifs is 4. The van der Waals surface area contributed by atoms with Crippen molar-refractivity contribution in [3.63, 3.8) is 0 Å². The fourth-order valence-corrected chi connectivity index (χ4v) is 4.70. The lowest BCUT2D eigenvalue weighted by atomic mass is 9.83. The van der Waals surface area contributed by atoms with E-state index in [0.29, 0.717) is 30.9 Å². The summed E-state index contributed by atoms with van der Waals surface area (Å²) in [6.45, 7) is 1.66. The van der Waals surface area contributed by atoms with Crippen molar-refractivity contribution in [2.75, 3.05) is 25.0 Å². The zero-order chi connectivity index (χ0) is 22.8. The molecule has 1 fully saturated rings. The number of amides is 2. The van der Waals surface area contributed by atoms with Gasteiger partial charge in [-0.1, -0.05) is 18.2 Å². The van der Waals surface area contributed by atoms with Gasteiger partial charge in [-0.15, -0.1) is 0 Å². The van der Waals surface area contributed by atoms with Crippen LogP contribution in [0.25, 0.3) is 0 Å². The van der Waals surface area contributed by atoms with E-state index >= 15 is 0 Å². The molecule has 1 aromatic carbocycles. The van der Waals surface area contributed by atoms with Gasteiger partial charge in [0.1, 0.15) is 11.4 Å². The lowest BCUT2D eigenvalue weighted by Gasteiger charge is -2.42. The summed E-state index contributed by atoms with van der Waals surface area (Å²) in [5.74, 6) is 0.532. The van der Waals surface area contributed by atoms with Crippen molar-refractivity contribution in [3.05, 3.63) is 88.6 Å². The number of aromatic nitrogens is 2. The molecule has 2 atom stereocenters. The van der Waals surface area contributed by atoms with Crippen LogP contribution in [0, 0.1) is 5.92 Å².